The summed E-state index contributed by atoms with van der Waals surface area (Å²) < 4.78 is 13.3. The van der Waals surface area contributed by atoms with Crippen LogP contribution in [0.15, 0.2) is 18.2 Å². The first kappa shape index (κ1) is 15.1. The molecular weight excluding hydrogens is 201 g/mol. The van der Waals surface area contributed by atoms with Crippen molar-refractivity contribution in [3.8, 4) is 0 Å². The van der Waals surface area contributed by atoms with E-state index in [1.165, 1.54) is 0 Å². The summed E-state index contributed by atoms with van der Waals surface area (Å²) in [6.07, 6.45) is 2.99. The van der Waals surface area contributed by atoms with Gasteiger partial charge in [0, 0.05) is 0 Å². The third-order valence-corrected chi connectivity index (χ3v) is 2.32. The van der Waals surface area contributed by atoms with Gasteiger partial charge in [-0.05, 0) is 51.4 Å². The Kier molecular flexibility index (Phi) is 8.82. The fourth-order valence-electron chi connectivity index (χ4n) is 1.51. The van der Waals surface area contributed by atoms with Crippen molar-refractivity contribution in [1.82, 2.24) is 5.32 Å². The Bertz CT molecular complexity index is 284. The van der Waals surface area contributed by atoms with Crippen LogP contribution in [0.4, 0.5) is 4.39 Å². The first-order chi connectivity index (χ1) is 7.74. The molecule has 1 N–H and O–H groups in total. The van der Waals surface area contributed by atoms with Crippen LogP contribution in [0.5, 0.6) is 0 Å². The average Bonchev–Trinajstić information content (AvgIpc) is 2.31. The van der Waals surface area contributed by atoms with Crippen LogP contribution in [0.1, 0.15) is 37.8 Å². The highest BCUT2D eigenvalue weighted by atomic mass is 19.1. The molecule has 1 aromatic carbocycles. The summed E-state index contributed by atoms with van der Waals surface area (Å²) >= 11 is 0. The van der Waals surface area contributed by atoms with Crippen LogP contribution in [0.3, 0.4) is 0 Å². The van der Waals surface area contributed by atoms with Crippen molar-refractivity contribution >= 4 is 0 Å². The zero-order valence-corrected chi connectivity index (χ0v) is 10.9. The fraction of sp³-hybridized carbons (Fsp3) is 0.571. The van der Waals surface area contributed by atoms with Gasteiger partial charge >= 0.3 is 0 Å². The highest BCUT2D eigenvalue weighted by Gasteiger charge is 2.01. The Morgan fingerprint density at radius 2 is 1.88 bits per heavy atom. The zero-order valence-electron chi connectivity index (χ0n) is 10.9. The quantitative estimate of drug-likeness (QED) is 0.753. The van der Waals surface area contributed by atoms with Crippen molar-refractivity contribution in [2.75, 3.05) is 13.6 Å². The summed E-state index contributed by atoms with van der Waals surface area (Å²) in [6, 6.07) is 5.31. The van der Waals surface area contributed by atoms with Gasteiger partial charge in [-0.2, -0.15) is 0 Å². The molecule has 0 aliphatic heterocycles. The van der Waals surface area contributed by atoms with E-state index < -0.39 is 0 Å². The van der Waals surface area contributed by atoms with E-state index in [0.29, 0.717) is 0 Å². The first-order valence-corrected chi connectivity index (χ1v) is 6.13. The van der Waals surface area contributed by atoms with Crippen LogP contribution >= 0.6 is 0 Å². The molecule has 0 saturated heterocycles. The number of unbranched alkanes of at least 4 members (excludes halogenated alkanes) is 1. The maximum Gasteiger partial charge on any atom is 0.126 e. The summed E-state index contributed by atoms with van der Waals surface area (Å²) in [7, 11) is 1.94. The van der Waals surface area contributed by atoms with Gasteiger partial charge < -0.3 is 5.32 Å². The van der Waals surface area contributed by atoms with Crippen LogP contribution in [0.2, 0.25) is 0 Å². The molecule has 1 nitrogen and oxygen atoms in total. The average molecular weight is 225 g/mol. The number of nitrogens with one attached hydrogen (secondary N) is 1. The van der Waals surface area contributed by atoms with E-state index in [1.807, 2.05) is 40.0 Å². The largest absolute Gasteiger partial charge is 0.320 e. The number of benzene rings is 1. The predicted molar refractivity (Wildman–Crippen MR) is 69.3 cm³/mol. The van der Waals surface area contributed by atoms with Gasteiger partial charge in [0.15, 0.2) is 0 Å². The molecule has 1 rings (SSSR count). The fourth-order valence-corrected chi connectivity index (χ4v) is 1.51. The summed E-state index contributed by atoms with van der Waals surface area (Å²) in [6.45, 7) is 7.00. The number of hydrogen-bond donors (Lipinski definition) is 1. The highest BCUT2D eigenvalue weighted by molar-refractivity contribution is 5.24. The molecule has 0 radical (unpaired) electrons. The molecule has 0 atom stereocenters. The standard InChI is InChI=1S/C12H18FN.C2H6/c1-10-6-7-12(13)11(9-10)5-3-4-8-14-2;1-2/h6-7,9,14H,3-5,8H2,1-2H3;1-2H3. The lowest BCUT2D eigenvalue weighted by Crippen LogP contribution is -2.07. The molecule has 0 aromatic heterocycles. The smallest absolute Gasteiger partial charge is 0.126 e. The molecule has 16 heavy (non-hydrogen) atoms. The van der Waals surface area contributed by atoms with Gasteiger partial charge in [0.1, 0.15) is 5.82 Å². The molecule has 0 aliphatic rings. The van der Waals surface area contributed by atoms with Gasteiger partial charge in [-0.25, -0.2) is 4.39 Å². The lowest BCUT2D eigenvalue weighted by Gasteiger charge is -2.04. The van der Waals surface area contributed by atoms with E-state index in [1.54, 1.807) is 6.07 Å². The van der Waals surface area contributed by atoms with Gasteiger partial charge in [0.2, 0.25) is 0 Å². The Balaban J connectivity index is 0.00000106. The van der Waals surface area contributed by atoms with Gasteiger partial charge in [0.25, 0.3) is 0 Å². The second-order valence-corrected chi connectivity index (χ2v) is 3.66. The van der Waals surface area contributed by atoms with Crippen molar-refractivity contribution in [1.29, 1.82) is 0 Å². The lowest BCUT2D eigenvalue weighted by molar-refractivity contribution is 0.595. The summed E-state index contributed by atoms with van der Waals surface area (Å²) in [4.78, 5) is 0. The molecule has 0 spiro atoms. The second-order valence-electron chi connectivity index (χ2n) is 3.66. The molecule has 0 amide bonds. The second kappa shape index (κ2) is 9.34. The lowest BCUT2D eigenvalue weighted by atomic mass is 10.1. The van der Waals surface area contributed by atoms with Crippen molar-refractivity contribution in [3.05, 3.63) is 35.1 Å². The van der Waals surface area contributed by atoms with Gasteiger partial charge in [0.05, 0.1) is 0 Å². The van der Waals surface area contributed by atoms with Crippen molar-refractivity contribution in [2.24, 2.45) is 0 Å². The van der Waals surface area contributed by atoms with E-state index in [2.05, 4.69) is 5.32 Å². The molecule has 0 unspecified atom stereocenters. The minimum absolute atomic E-state index is 0.0694. The zero-order chi connectivity index (χ0) is 12.4. The number of hydrogen-bond acceptors (Lipinski definition) is 1. The minimum Gasteiger partial charge on any atom is -0.320 e. The van der Waals surface area contributed by atoms with Crippen molar-refractivity contribution in [2.45, 2.75) is 40.0 Å². The van der Waals surface area contributed by atoms with Gasteiger partial charge in [-0.3, -0.25) is 0 Å². The molecular formula is C14H24FN. The Hall–Kier alpha value is -0.890. The monoisotopic (exact) mass is 225 g/mol. The van der Waals surface area contributed by atoms with E-state index in [9.17, 15) is 4.39 Å². The van der Waals surface area contributed by atoms with Gasteiger partial charge in [-0.1, -0.05) is 31.5 Å². The normalized spacial score (nSPS) is 9.56. The van der Waals surface area contributed by atoms with Crippen molar-refractivity contribution in [3.63, 3.8) is 0 Å². The summed E-state index contributed by atoms with van der Waals surface area (Å²) in [5, 5.41) is 3.09. The molecule has 0 heterocycles. The molecule has 0 saturated carbocycles. The Labute approximate surface area is 99.1 Å². The third kappa shape index (κ3) is 5.86. The highest BCUT2D eigenvalue weighted by Crippen LogP contribution is 2.12. The topological polar surface area (TPSA) is 12.0 Å². The van der Waals surface area contributed by atoms with E-state index >= 15 is 0 Å². The third-order valence-electron chi connectivity index (χ3n) is 2.32. The van der Waals surface area contributed by atoms with Crippen molar-refractivity contribution < 1.29 is 4.39 Å². The van der Waals surface area contributed by atoms with E-state index in [0.717, 1.165) is 36.9 Å². The molecule has 0 bridgehead atoms. The van der Waals surface area contributed by atoms with Crippen LogP contribution < -0.4 is 5.32 Å². The van der Waals surface area contributed by atoms with Crippen LogP contribution in [-0.4, -0.2) is 13.6 Å². The maximum atomic E-state index is 13.3. The predicted octanol–water partition coefficient (Wildman–Crippen LogP) is 3.70. The van der Waals surface area contributed by atoms with Crippen LogP contribution in [0, 0.1) is 12.7 Å². The number of aryl methyl sites for hydroxylation is 2. The van der Waals surface area contributed by atoms with E-state index in [4.69, 9.17) is 0 Å². The Morgan fingerprint density at radius 1 is 1.19 bits per heavy atom. The molecule has 2 heteroatoms. The first-order valence-electron chi connectivity index (χ1n) is 6.13. The summed E-state index contributed by atoms with van der Waals surface area (Å²) in [5.41, 5.74) is 1.98. The molecule has 0 aliphatic carbocycles. The van der Waals surface area contributed by atoms with E-state index in [-0.39, 0.29) is 5.82 Å². The molecule has 92 valence electrons. The number of rotatable bonds is 5. The summed E-state index contributed by atoms with van der Waals surface area (Å²) in [5.74, 6) is -0.0694. The van der Waals surface area contributed by atoms with Gasteiger partial charge in [-0.15, -0.1) is 0 Å². The molecule has 1 aromatic rings. The number of halogens is 1. The van der Waals surface area contributed by atoms with Crippen LogP contribution in [0.25, 0.3) is 0 Å². The van der Waals surface area contributed by atoms with Crippen LogP contribution in [-0.2, 0) is 6.42 Å². The maximum absolute atomic E-state index is 13.3. The SMILES string of the molecule is CC.CNCCCCc1cc(C)ccc1F. The minimum atomic E-state index is -0.0694. The Morgan fingerprint density at radius 3 is 2.50 bits per heavy atom. The molecule has 0 fully saturated rings.